The molecule has 2 saturated heterocycles. The van der Waals surface area contributed by atoms with Crippen LogP contribution in [-0.4, -0.2) is 59.9 Å². The fourth-order valence-electron chi connectivity index (χ4n) is 3.05. The fourth-order valence-corrected chi connectivity index (χ4v) is 3.05. The SMILES string of the molecule is O=C(NC1CCOCC1)N1CCCC(COc2ncccn2)C1. The van der Waals surface area contributed by atoms with Gasteiger partial charge >= 0.3 is 12.0 Å². The lowest BCUT2D eigenvalue weighted by molar-refractivity contribution is 0.0758. The van der Waals surface area contributed by atoms with Crippen LogP contribution in [0.5, 0.6) is 6.01 Å². The molecule has 1 unspecified atom stereocenters. The highest BCUT2D eigenvalue weighted by Gasteiger charge is 2.26. The number of carbonyl (C=O) groups is 1. The molecule has 3 heterocycles. The zero-order valence-electron chi connectivity index (χ0n) is 13.3. The summed E-state index contributed by atoms with van der Waals surface area (Å²) in [5.74, 6) is 0.327. The Labute approximate surface area is 136 Å². The third kappa shape index (κ3) is 4.79. The van der Waals surface area contributed by atoms with Crippen LogP contribution in [-0.2, 0) is 4.74 Å². The number of hydrogen-bond acceptors (Lipinski definition) is 5. The third-order valence-electron chi connectivity index (χ3n) is 4.35. The molecule has 2 aliphatic heterocycles. The first-order valence-corrected chi connectivity index (χ1v) is 8.34. The number of rotatable bonds is 4. The van der Waals surface area contributed by atoms with Gasteiger partial charge in [0.1, 0.15) is 0 Å². The number of nitrogens with one attached hydrogen (secondary N) is 1. The summed E-state index contributed by atoms with van der Waals surface area (Å²) in [5, 5.41) is 3.12. The van der Waals surface area contributed by atoms with Gasteiger partial charge < -0.3 is 19.7 Å². The van der Waals surface area contributed by atoms with Crippen molar-refractivity contribution in [1.82, 2.24) is 20.2 Å². The van der Waals surface area contributed by atoms with Gasteiger partial charge in [0.25, 0.3) is 0 Å². The van der Waals surface area contributed by atoms with Crippen LogP contribution in [0.3, 0.4) is 0 Å². The van der Waals surface area contributed by atoms with Gasteiger partial charge in [0.15, 0.2) is 0 Å². The van der Waals surface area contributed by atoms with E-state index in [4.69, 9.17) is 9.47 Å². The van der Waals surface area contributed by atoms with Crippen molar-refractivity contribution in [3.8, 4) is 6.01 Å². The van der Waals surface area contributed by atoms with Crippen LogP contribution in [0.4, 0.5) is 4.79 Å². The average molecular weight is 320 g/mol. The van der Waals surface area contributed by atoms with E-state index in [1.807, 2.05) is 4.90 Å². The van der Waals surface area contributed by atoms with Gasteiger partial charge in [-0.15, -0.1) is 0 Å². The molecule has 23 heavy (non-hydrogen) atoms. The van der Waals surface area contributed by atoms with Crippen molar-refractivity contribution < 1.29 is 14.3 Å². The van der Waals surface area contributed by atoms with Crippen molar-refractivity contribution in [2.45, 2.75) is 31.7 Å². The summed E-state index contributed by atoms with van der Waals surface area (Å²) in [6.45, 7) is 3.55. The summed E-state index contributed by atoms with van der Waals surface area (Å²) in [6, 6.07) is 2.44. The van der Waals surface area contributed by atoms with Gasteiger partial charge in [-0.05, 0) is 31.7 Å². The Balaban J connectivity index is 1.44. The first kappa shape index (κ1) is 16.0. The predicted molar refractivity (Wildman–Crippen MR) is 84.2 cm³/mol. The molecule has 2 fully saturated rings. The van der Waals surface area contributed by atoms with E-state index in [2.05, 4.69) is 15.3 Å². The van der Waals surface area contributed by atoms with Crippen LogP contribution < -0.4 is 10.1 Å². The molecular formula is C16H24N4O3. The van der Waals surface area contributed by atoms with E-state index in [1.165, 1.54) is 0 Å². The summed E-state index contributed by atoms with van der Waals surface area (Å²) < 4.78 is 11.0. The average Bonchev–Trinajstić information content (AvgIpc) is 2.62. The molecule has 0 aromatic carbocycles. The molecule has 1 N–H and O–H groups in total. The van der Waals surface area contributed by atoms with Crippen LogP contribution in [0.25, 0.3) is 0 Å². The highest BCUT2D eigenvalue weighted by Crippen LogP contribution is 2.18. The first-order valence-electron chi connectivity index (χ1n) is 8.34. The minimum absolute atomic E-state index is 0.0394. The second kappa shape index (κ2) is 8.10. The van der Waals surface area contributed by atoms with Crippen LogP contribution in [0.15, 0.2) is 18.5 Å². The van der Waals surface area contributed by atoms with E-state index in [0.29, 0.717) is 18.5 Å². The van der Waals surface area contributed by atoms with Gasteiger partial charge in [0, 0.05) is 50.7 Å². The number of nitrogens with zero attached hydrogens (tertiary/aromatic N) is 3. The van der Waals surface area contributed by atoms with Gasteiger partial charge in [-0.3, -0.25) is 0 Å². The number of likely N-dealkylation sites (tertiary alicyclic amines) is 1. The monoisotopic (exact) mass is 320 g/mol. The molecule has 7 nitrogen and oxygen atoms in total. The molecule has 7 heteroatoms. The Hall–Kier alpha value is -1.89. The molecule has 2 amide bonds. The number of urea groups is 1. The zero-order chi connectivity index (χ0) is 15.9. The van der Waals surface area contributed by atoms with Gasteiger partial charge in [0.2, 0.25) is 0 Å². The fraction of sp³-hybridized carbons (Fsp3) is 0.688. The number of piperidine rings is 1. The van der Waals surface area contributed by atoms with Gasteiger partial charge in [-0.1, -0.05) is 0 Å². The number of amides is 2. The molecule has 0 radical (unpaired) electrons. The molecule has 0 bridgehead atoms. The molecule has 0 aliphatic carbocycles. The van der Waals surface area contributed by atoms with Crippen LogP contribution in [0.1, 0.15) is 25.7 Å². The van der Waals surface area contributed by atoms with Crippen molar-refractivity contribution in [1.29, 1.82) is 0 Å². The van der Waals surface area contributed by atoms with Crippen LogP contribution >= 0.6 is 0 Å². The summed E-state index contributed by atoms with van der Waals surface area (Å²) in [5.41, 5.74) is 0. The molecular weight excluding hydrogens is 296 g/mol. The van der Waals surface area contributed by atoms with Crippen LogP contribution in [0, 0.1) is 5.92 Å². The maximum Gasteiger partial charge on any atom is 0.317 e. The van der Waals surface area contributed by atoms with E-state index in [9.17, 15) is 4.79 Å². The highest BCUT2D eigenvalue weighted by atomic mass is 16.5. The Morgan fingerprint density at radius 1 is 1.30 bits per heavy atom. The number of carbonyl (C=O) groups excluding carboxylic acids is 1. The van der Waals surface area contributed by atoms with Crippen molar-refractivity contribution in [3.63, 3.8) is 0 Å². The quantitative estimate of drug-likeness (QED) is 0.909. The second-order valence-electron chi connectivity index (χ2n) is 6.13. The second-order valence-corrected chi connectivity index (χ2v) is 6.13. The summed E-state index contributed by atoms with van der Waals surface area (Å²) in [4.78, 5) is 22.4. The van der Waals surface area contributed by atoms with Gasteiger partial charge in [-0.25, -0.2) is 14.8 Å². The molecule has 0 spiro atoms. The van der Waals surface area contributed by atoms with Crippen molar-refractivity contribution >= 4 is 6.03 Å². The standard InChI is InChI=1S/C16H24N4O3/c21-16(19-14-4-9-22-10-5-14)20-8-1-3-13(11-20)12-23-15-17-6-2-7-18-15/h2,6-7,13-14H,1,3-5,8-12H2,(H,19,21). The van der Waals surface area contributed by atoms with Gasteiger partial charge in [0.05, 0.1) is 6.61 Å². The molecule has 1 atom stereocenters. The lowest BCUT2D eigenvalue weighted by Gasteiger charge is -2.34. The number of aromatic nitrogens is 2. The van der Waals surface area contributed by atoms with Crippen molar-refractivity contribution in [2.75, 3.05) is 32.9 Å². The smallest absolute Gasteiger partial charge is 0.317 e. The van der Waals surface area contributed by atoms with E-state index < -0.39 is 0 Å². The molecule has 3 rings (SSSR count). The van der Waals surface area contributed by atoms with E-state index in [0.717, 1.165) is 52.0 Å². The third-order valence-corrected chi connectivity index (χ3v) is 4.35. The minimum Gasteiger partial charge on any atom is -0.463 e. The van der Waals surface area contributed by atoms with E-state index in [1.54, 1.807) is 18.5 Å². The molecule has 1 aromatic rings. The lowest BCUT2D eigenvalue weighted by atomic mass is 9.99. The predicted octanol–water partition coefficient (Wildman–Crippen LogP) is 1.46. The highest BCUT2D eigenvalue weighted by molar-refractivity contribution is 5.74. The Bertz CT molecular complexity index is 493. The van der Waals surface area contributed by atoms with Gasteiger partial charge in [-0.2, -0.15) is 0 Å². The number of hydrogen-bond donors (Lipinski definition) is 1. The lowest BCUT2D eigenvalue weighted by Crippen LogP contribution is -2.50. The van der Waals surface area contributed by atoms with E-state index >= 15 is 0 Å². The zero-order valence-corrected chi connectivity index (χ0v) is 13.3. The number of ether oxygens (including phenoxy) is 2. The molecule has 2 aliphatic rings. The molecule has 126 valence electrons. The molecule has 1 aromatic heterocycles. The summed E-state index contributed by atoms with van der Waals surface area (Å²) >= 11 is 0. The Morgan fingerprint density at radius 2 is 2.09 bits per heavy atom. The minimum atomic E-state index is 0.0394. The first-order chi connectivity index (χ1) is 11.3. The summed E-state index contributed by atoms with van der Waals surface area (Å²) in [6.07, 6.45) is 7.20. The Kier molecular flexibility index (Phi) is 5.63. The maximum absolute atomic E-state index is 12.4. The maximum atomic E-state index is 12.4. The largest absolute Gasteiger partial charge is 0.463 e. The van der Waals surface area contributed by atoms with Crippen molar-refractivity contribution in [3.05, 3.63) is 18.5 Å². The van der Waals surface area contributed by atoms with Crippen molar-refractivity contribution in [2.24, 2.45) is 5.92 Å². The Morgan fingerprint density at radius 3 is 2.87 bits per heavy atom. The normalized spacial score (nSPS) is 22.6. The van der Waals surface area contributed by atoms with E-state index in [-0.39, 0.29) is 12.1 Å². The molecule has 0 saturated carbocycles. The topological polar surface area (TPSA) is 76.6 Å². The van der Waals surface area contributed by atoms with Crippen LogP contribution in [0.2, 0.25) is 0 Å². The summed E-state index contributed by atoms with van der Waals surface area (Å²) in [7, 11) is 0.